The molecule has 0 aliphatic carbocycles. The maximum absolute atomic E-state index is 12.5. The van der Waals surface area contributed by atoms with Crippen molar-refractivity contribution >= 4 is 17.6 Å². The SMILES string of the molecule is COc1ccccc1CNC(=O)c1ccccc1NC(=O)NC(C)C. The van der Waals surface area contributed by atoms with Gasteiger partial charge in [0.05, 0.1) is 18.4 Å². The molecule has 3 N–H and O–H groups in total. The summed E-state index contributed by atoms with van der Waals surface area (Å²) >= 11 is 0. The number of nitrogens with one attached hydrogen (secondary N) is 3. The standard InChI is InChI=1S/C19H23N3O3/c1-13(2)21-19(24)22-16-10-6-5-9-15(16)18(23)20-12-14-8-4-7-11-17(14)25-3/h4-11,13H,12H2,1-3H3,(H,20,23)(H2,21,22,24). The van der Waals surface area contributed by atoms with Gasteiger partial charge in [-0.1, -0.05) is 30.3 Å². The van der Waals surface area contributed by atoms with Gasteiger partial charge in [-0.05, 0) is 32.0 Å². The molecule has 25 heavy (non-hydrogen) atoms. The third-order valence-corrected chi connectivity index (χ3v) is 3.47. The van der Waals surface area contributed by atoms with Crippen molar-refractivity contribution in [2.24, 2.45) is 0 Å². The first kappa shape index (κ1) is 18.3. The molecule has 0 saturated carbocycles. The van der Waals surface area contributed by atoms with Crippen LogP contribution in [0, 0.1) is 0 Å². The number of ether oxygens (including phenoxy) is 1. The van der Waals surface area contributed by atoms with Crippen LogP contribution < -0.4 is 20.7 Å². The lowest BCUT2D eigenvalue weighted by Gasteiger charge is -2.14. The quantitative estimate of drug-likeness (QED) is 0.755. The number of hydrogen-bond acceptors (Lipinski definition) is 3. The average Bonchev–Trinajstić information content (AvgIpc) is 2.59. The molecule has 0 radical (unpaired) electrons. The molecule has 6 nitrogen and oxygen atoms in total. The van der Waals surface area contributed by atoms with Crippen molar-refractivity contribution in [3.8, 4) is 5.75 Å². The van der Waals surface area contributed by atoms with Gasteiger partial charge in [0, 0.05) is 18.2 Å². The topological polar surface area (TPSA) is 79.5 Å². The molecule has 132 valence electrons. The van der Waals surface area contributed by atoms with Crippen molar-refractivity contribution in [2.45, 2.75) is 26.4 Å². The lowest BCUT2D eigenvalue weighted by Crippen LogP contribution is -2.35. The number of anilines is 1. The molecule has 0 fully saturated rings. The molecule has 0 bridgehead atoms. The molecule has 2 aromatic carbocycles. The van der Waals surface area contributed by atoms with Gasteiger partial charge in [0.25, 0.3) is 5.91 Å². The molecule has 0 aromatic heterocycles. The third-order valence-electron chi connectivity index (χ3n) is 3.47. The molecular weight excluding hydrogens is 318 g/mol. The van der Waals surface area contributed by atoms with Crippen molar-refractivity contribution in [2.75, 3.05) is 12.4 Å². The molecular formula is C19H23N3O3. The van der Waals surface area contributed by atoms with Gasteiger partial charge in [-0.3, -0.25) is 4.79 Å². The van der Waals surface area contributed by atoms with Crippen LogP contribution in [-0.4, -0.2) is 25.1 Å². The summed E-state index contributed by atoms with van der Waals surface area (Å²) in [5.74, 6) is 0.442. The van der Waals surface area contributed by atoms with E-state index in [1.807, 2.05) is 38.1 Å². The van der Waals surface area contributed by atoms with Crippen LogP contribution in [0.4, 0.5) is 10.5 Å². The number of methoxy groups -OCH3 is 1. The minimum atomic E-state index is -0.347. The van der Waals surface area contributed by atoms with Crippen LogP contribution in [0.3, 0.4) is 0 Å². The highest BCUT2D eigenvalue weighted by Gasteiger charge is 2.14. The van der Waals surface area contributed by atoms with E-state index in [0.29, 0.717) is 23.5 Å². The van der Waals surface area contributed by atoms with Gasteiger partial charge in [0.2, 0.25) is 0 Å². The largest absolute Gasteiger partial charge is 0.496 e. The van der Waals surface area contributed by atoms with E-state index in [4.69, 9.17) is 4.74 Å². The first-order chi connectivity index (χ1) is 12.0. The summed E-state index contributed by atoms with van der Waals surface area (Å²) in [6.07, 6.45) is 0. The lowest BCUT2D eigenvalue weighted by molar-refractivity contribution is 0.0951. The van der Waals surface area contributed by atoms with Gasteiger partial charge in [-0.15, -0.1) is 0 Å². The van der Waals surface area contributed by atoms with E-state index in [-0.39, 0.29) is 18.0 Å². The average molecular weight is 341 g/mol. The number of para-hydroxylation sites is 2. The summed E-state index contributed by atoms with van der Waals surface area (Å²) in [6, 6.07) is 14.0. The fourth-order valence-electron chi connectivity index (χ4n) is 2.33. The number of rotatable bonds is 6. The Labute approximate surface area is 147 Å². The second-order valence-corrected chi connectivity index (χ2v) is 5.79. The van der Waals surface area contributed by atoms with E-state index in [2.05, 4.69) is 16.0 Å². The zero-order chi connectivity index (χ0) is 18.2. The molecule has 0 aliphatic rings. The molecule has 2 rings (SSSR count). The molecule has 6 heteroatoms. The van der Waals surface area contributed by atoms with Crippen LogP contribution in [0.25, 0.3) is 0 Å². The number of carbonyl (C=O) groups excluding carboxylic acids is 2. The number of urea groups is 1. The number of carbonyl (C=O) groups is 2. The zero-order valence-electron chi connectivity index (χ0n) is 14.6. The minimum absolute atomic E-state index is 0.00605. The van der Waals surface area contributed by atoms with Crippen LogP contribution in [-0.2, 0) is 6.54 Å². The van der Waals surface area contributed by atoms with Crippen molar-refractivity contribution < 1.29 is 14.3 Å². The highest BCUT2D eigenvalue weighted by molar-refractivity contribution is 6.03. The number of hydrogen-bond donors (Lipinski definition) is 3. The number of amides is 3. The monoisotopic (exact) mass is 341 g/mol. The second kappa shape index (κ2) is 8.73. The Balaban J connectivity index is 2.08. The summed E-state index contributed by atoms with van der Waals surface area (Å²) in [6.45, 7) is 4.06. The zero-order valence-corrected chi connectivity index (χ0v) is 14.6. The molecule has 0 spiro atoms. The Morgan fingerprint density at radius 2 is 1.72 bits per heavy atom. The summed E-state index contributed by atoms with van der Waals surface area (Å²) in [5, 5.41) is 8.29. The minimum Gasteiger partial charge on any atom is -0.496 e. The van der Waals surface area contributed by atoms with E-state index in [0.717, 1.165) is 5.56 Å². The summed E-state index contributed by atoms with van der Waals surface area (Å²) in [7, 11) is 1.59. The van der Waals surface area contributed by atoms with Gasteiger partial charge in [-0.2, -0.15) is 0 Å². The molecule has 0 aliphatic heterocycles. The van der Waals surface area contributed by atoms with Crippen molar-refractivity contribution in [1.82, 2.24) is 10.6 Å². The van der Waals surface area contributed by atoms with E-state index in [1.54, 1.807) is 31.4 Å². The van der Waals surface area contributed by atoms with Crippen molar-refractivity contribution in [3.63, 3.8) is 0 Å². The van der Waals surface area contributed by atoms with E-state index < -0.39 is 0 Å². The van der Waals surface area contributed by atoms with E-state index in [1.165, 1.54) is 0 Å². The van der Waals surface area contributed by atoms with E-state index in [9.17, 15) is 9.59 Å². The Kier molecular flexibility index (Phi) is 6.39. The van der Waals surface area contributed by atoms with Crippen LogP contribution in [0.15, 0.2) is 48.5 Å². The second-order valence-electron chi connectivity index (χ2n) is 5.79. The first-order valence-corrected chi connectivity index (χ1v) is 8.08. The molecule has 0 saturated heterocycles. The first-order valence-electron chi connectivity index (χ1n) is 8.08. The molecule has 0 heterocycles. The van der Waals surface area contributed by atoms with Crippen molar-refractivity contribution in [1.29, 1.82) is 0 Å². The van der Waals surface area contributed by atoms with Crippen LogP contribution >= 0.6 is 0 Å². The molecule has 0 atom stereocenters. The molecule has 2 aromatic rings. The third kappa shape index (κ3) is 5.24. The highest BCUT2D eigenvalue weighted by atomic mass is 16.5. The van der Waals surface area contributed by atoms with Gasteiger partial charge in [0.1, 0.15) is 5.75 Å². The summed E-state index contributed by atoms with van der Waals surface area (Å²) in [4.78, 5) is 24.4. The molecule has 3 amide bonds. The normalized spacial score (nSPS) is 10.2. The predicted octanol–water partition coefficient (Wildman–Crippen LogP) is 3.16. The maximum Gasteiger partial charge on any atom is 0.319 e. The Morgan fingerprint density at radius 1 is 1.04 bits per heavy atom. The Bertz CT molecular complexity index is 744. The Hall–Kier alpha value is -3.02. The van der Waals surface area contributed by atoms with Crippen LogP contribution in [0.1, 0.15) is 29.8 Å². The van der Waals surface area contributed by atoms with Crippen molar-refractivity contribution in [3.05, 3.63) is 59.7 Å². The fourth-order valence-corrected chi connectivity index (χ4v) is 2.33. The lowest BCUT2D eigenvalue weighted by atomic mass is 10.1. The number of benzene rings is 2. The Morgan fingerprint density at radius 3 is 2.44 bits per heavy atom. The van der Waals surface area contributed by atoms with Crippen LogP contribution in [0.5, 0.6) is 5.75 Å². The van der Waals surface area contributed by atoms with Gasteiger partial charge >= 0.3 is 6.03 Å². The fraction of sp³-hybridized carbons (Fsp3) is 0.263. The predicted molar refractivity (Wildman–Crippen MR) is 97.9 cm³/mol. The molecule has 0 unspecified atom stereocenters. The smallest absolute Gasteiger partial charge is 0.319 e. The van der Waals surface area contributed by atoms with Crippen LogP contribution in [0.2, 0.25) is 0 Å². The van der Waals surface area contributed by atoms with Gasteiger partial charge in [0.15, 0.2) is 0 Å². The van der Waals surface area contributed by atoms with Gasteiger partial charge in [-0.25, -0.2) is 4.79 Å². The maximum atomic E-state index is 12.5. The summed E-state index contributed by atoms with van der Waals surface area (Å²) in [5.41, 5.74) is 1.73. The van der Waals surface area contributed by atoms with Gasteiger partial charge < -0.3 is 20.7 Å². The highest BCUT2D eigenvalue weighted by Crippen LogP contribution is 2.18. The van der Waals surface area contributed by atoms with E-state index >= 15 is 0 Å². The summed E-state index contributed by atoms with van der Waals surface area (Å²) < 4.78 is 5.28.